The zero-order valence-corrected chi connectivity index (χ0v) is 14.2. The SMILES string of the molecule is Cc1cc(Br)cc(C(=O)Nc2c(Cl)cc(Cl)cc2Cl)c1. The van der Waals surface area contributed by atoms with Crippen molar-refractivity contribution >= 4 is 62.3 Å². The van der Waals surface area contributed by atoms with Crippen LogP contribution in [0.25, 0.3) is 0 Å². The molecule has 0 fully saturated rings. The van der Waals surface area contributed by atoms with Crippen molar-refractivity contribution in [3.05, 3.63) is 61.0 Å². The topological polar surface area (TPSA) is 29.1 Å². The van der Waals surface area contributed by atoms with E-state index in [0.717, 1.165) is 10.0 Å². The first kappa shape index (κ1) is 15.6. The van der Waals surface area contributed by atoms with Crippen LogP contribution in [0.5, 0.6) is 0 Å². The molecule has 0 bridgehead atoms. The zero-order chi connectivity index (χ0) is 14.9. The molecular weight excluding hydrogens is 384 g/mol. The summed E-state index contributed by atoms with van der Waals surface area (Å²) in [4.78, 5) is 12.2. The molecule has 20 heavy (non-hydrogen) atoms. The van der Waals surface area contributed by atoms with Gasteiger partial charge in [0.25, 0.3) is 5.91 Å². The Bertz CT molecular complexity index is 645. The van der Waals surface area contributed by atoms with Crippen LogP contribution in [0.3, 0.4) is 0 Å². The smallest absolute Gasteiger partial charge is 0.255 e. The summed E-state index contributed by atoms with van der Waals surface area (Å²) >= 11 is 21.3. The van der Waals surface area contributed by atoms with Gasteiger partial charge in [-0.1, -0.05) is 50.7 Å². The highest BCUT2D eigenvalue weighted by molar-refractivity contribution is 9.10. The Morgan fingerprint density at radius 1 is 1.05 bits per heavy atom. The third kappa shape index (κ3) is 3.67. The maximum absolute atomic E-state index is 12.2. The number of halogens is 4. The molecule has 0 aliphatic carbocycles. The van der Waals surface area contributed by atoms with Crippen molar-refractivity contribution in [3.63, 3.8) is 0 Å². The molecule has 0 heterocycles. The van der Waals surface area contributed by atoms with Crippen LogP contribution < -0.4 is 5.32 Å². The van der Waals surface area contributed by atoms with Crippen LogP contribution in [-0.4, -0.2) is 5.91 Å². The molecule has 0 radical (unpaired) electrons. The molecular formula is C14H9BrCl3NO. The first-order chi connectivity index (χ1) is 9.36. The van der Waals surface area contributed by atoms with Crippen molar-refractivity contribution in [3.8, 4) is 0 Å². The standard InChI is InChI=1S/C14H9BrCl3NO/c1-7-2-8(4-9(15)3-7)14(20)19-13-11(17)5-10(16)6-12(13)18/h2-6H,1H3,(H,19,20). The number of aryl methyl sites for hydroxylation is 1. The zero-order valence-electron chi connectivity index (χ0n) is 10.3. The predicted octanol–water partition coefficient (Wildman–Crippen LogP) is 5.97. The number of hydrogen-bond donors (Lipinski definition) is 1. The average Bonchev–Trinajstić information content (AvgIpc) is 2.32. The largest absolute Gasteiger partial charge is 0.319 e. The first-order valence-corrected chi connectivity index (χ1v) is 7.52. The third-order valence-electron chi connectivity index (χ3n) is 2.55. The fourth-order valence-corrected chi connectivity index (χ4v) is 3.23. The molecule has 0 saturated heterocycles. The molecule has 0 aliphatic heterocycles. The van der Waals surface area contributed by atoms with Gasteiger partial charge >= 0.3 is 0 Å². The Labute approximate surface area is 140 Å². The quantitative estimate of drug-likeness (QED) is 0.669. The van der Waals surface area contributed by atoms with E-state index in [2.05, 4.69) is 21.2 Å². The summed E-state index contributed by atoms with van der Waals surface area (Å²) in [6, 6.07) is 8.46. The predicted molar refractivity (Wildman–Crippen MR) is 88.3 cm³/mol. The minimum atomic E-state index is -0.291. The van der Waals surface area contributed by atoms with Gasteiger partial charge in [-0.2, -0.15) is 0 Å². The van der Waals surface area contributed by atoms with Gasteiger partial charge in [0.1, 0.15) is 0 Å². The van der Waals surface area contributed by atoms with E-state index in [1.54, 1.807) is 12.1 Å². The molecule has 2 aromatic carbocycles. The van der Waals surface area contributed by atoms with Crippen LogP contribution in [0.15, 0.2) is 34.8 Å². The molecule has 6 heteroatoms. The molecule has 2 rings (SSSR count). The lowest BCUT2D eigenvalue weighted by molar-refractivity contribution is 0.102. The second kappa shape index (κ2) is 6.35. The fourth-order valence-electron chi connectivity index (χ4n) is 1.71. The van der Waals surface area contributed by atoms with Gasteiger partial charge in [0.15, 0.2) is 0 Å². The summed E-state index contributed by atoms with van der Waals surface area (Å²) in [6.07, 6.45) is 0. The summed E-state index contributed by atoms with van der Waals surface area (Å²) in [5, 5.41) is 3.70. The second-order valence-corrected chi connectivity index (χ2v) is 6.38. The lowest BCUT2D eigenvalue weighted by Gasteiger charge is -2.10. The van der Waals surface area contributed by atoms with E-state index in [1.165, 1.54) is 12.1 Å². The highest BCUT2D eigenvalue weighted by atomic mass is 79.9. The number of nitrogens with one attached hydrogen (secondary N) is 1. The van der Waals surface area contributed by atoms with Crippen molar-refractivity contribution in [1.82, 2.24) is 0 Å². The van der Waals surface area contributed by atoms with Gasteiger partial charge in [-0.3, -0.25) is 4.79 Å². The molecule has 2 aromatic rings. The van der Waals surface area contributed by atoms with Crippen molar-refractivity contribution < 1.29 is 4.79 Å². The Morgan fingerprint density at radius 2 is 1.65 bits per heavy atom. The molecule has 0 aliphatic rings. The molecule has 1 amide bonds. The fraction of sp³-hybridized carbons (Fsp3) is 0.0714. The lowest BCUT2D eigenvalue weighted by atomic mass is 10.1. The van der Waals surface area contributed by atoms with E-state index in [-0.39, 0.29) is 5.91 Å². The second-order valence-electron chi connectivity index (χ2n) is 4.22. The number of anilines is 1. The van der Waals surface area contributed by atoms with E-state index in [0.29, 0.717) is 26.3 Å². The highest BCUT2D eigenvalue weighted by Crippen LogP contribution is 2.34. The van der Waals surface area contributed by atoms with E-state index in [9.17, 15) is 4.79 Å². The maximum Gasteiger partial charge on any atom is 0.255 e. The molecule has 104 valence electrons. The van der Waals surface area contributed by atoms with Gasteiger partial charge in [0.2, 0.25) is 0 Å². The number of benzene rings is 2. The minimum Gasteiger partial charge on any atom is -0.319 e. The van der Waals surface area contributed by atoms with E-state index in [1.807, 2.05) is 13.0 Å². The number of rotatable bonds is 2. The van der Waals surface area contributed by atoms with E-state index >= 15 is 0 Å². The number of carbonyl (C=O) groups excluding carboxylic acids is 1. The first-order valence-electron chi connectivity index (χ1n) is 5.60. The van der Waals surface area contributed by atoms with Crippen molar-refractivity contribution in [2.24, 2.45) is 0 Å². The van der Waals surface area contributed by atoms with E-state index < -0.39 is 0 Å². The monoisotopic (exact) mass is 391 g/mol. The lowest BCUT2D eigenvalue weighted by Crippen LogP contribution is -2.13. The molecule has 0 unspecified atom stereocenters. The molecule has 0 saturated carbocycles. The van der Waals surface area contributed by atoms with E-state index in [4.69, 9.17) is 34.8 Å². The molecule has 0 spiro atoms. The Morgan fingerprint density at radius 3 is 2.20 bits per heavy atom. The average molecular weight is 393 g/mol. The van der Waals surface area contributed by atoms with Crippen LogP contribution in [0, 0.1) is 6.92 Å². The van der Waals surface area contributed by atoms with Crippen LogP contribution in [-0.2, 0) is 0 Å². The van der Waals surface area contributed by atoms with Crippen LogP contribution in [0.1, 0.15) is 15.9 Å². The van der Waals surface area contributed by atoms with Crippen molar-refractivity contribution in [2.75, 3.05) is 5.32 Å². The minimum absolute atomic E-state index is 0.291. The number of carbonyl (C=O) groups is 1. The Hall–Kier alpha value is -0.740. The molecule has 0 aromatic heterocycles. The summed E-state index contributed by atoms with van der Waals surface area (Å²) < 4.78 is 0.830. The van der Waals surface area contributed by atoms with Crippen molar-refractivity contribution in [2.45, 2.75) is 6.92 Å². The van der Waals surface area contributed by atoms with Crippen LogP contribution in [0.2, 0.25) is 15.1 Å². The van der Waals surface area contributed by atoms with Crippen LogP contribution >= 0.6 is 50.7 Å². The van der Waals surface area contributed by atoms with Gasteiger partial charge in [-0.15, -0.1) is 0 Å². The van der Waals surface area contributed by atoms with Crippen LogP contribution in [0.4, 0.5) is 5.69 Å². The summed E-state index contributed by atoms with van der Waals surface area (Å²) in [6.45, 7) is 1.91. The van der Waals surface area contributed by atoms with Gasteiger partial charge in [0, 0.05) is 15.1 Å². The maximum atomic E-state index is 12.2. The molecule has 0 atom stereocenters. The summed E-state index contributed by atoms with van der Waals surface area (Å²) in [5.41, 5.74) is 1.83. The van der Waals surface area contributed by atoms with Gasteiger partial charge < -0.3 is 5.32 Å². The van der Waals surface area contributed by atoms with Gasteiger partial charge in [-0.25, -0.2) is 0 Å². The van der Waals surface area contributed by atoms with Crippen molar-refractivity contribution in [1.29, 1.82) is 0 Å². The molecule has 2 nitrogen and oxygen atoms in total. The van der Waals surface area contributed by atoms with Gasteiger partial charge in [0.05, 0.1) is 15.7 Å². The Kier molecular flexibility index (Phi) is 4.97. The highest BCUT2D eigenvalue weighted by Gasteiger charge is 2.13. The van der Waals surface area contributed by atoms with Gasteiger partial charge in [-0.05, 0) is 42.8 Å². The number of amides is 1. The summed E-state index contributed by atoms with van der Waals surface area (Å²) in [7, 11) is 0. The third-order valence-corrected chi connectivity index (χ3v) is 3.82. The number of hydrogen-bond acceptors (Lipinski definition) is 1. The summed E-state index contributed by atoms with van der Waals surface area (Å²) in [5.74, 6) is -0.291. The normalized spacial score (nSPS) is 10.4. The molecule has 1 N–H and O–H groups in total. The Balaban J connectivity index is 2.32.